The van der Waals surface area contributed by atoms with Gasteiger partial charge in [0.1, 0.15) is 0 Å². The van der Waals surface area contributed by atoms with Gasteiger partial charge in [0.05, 0.1) is 4.83 Å². The van der Waals surface area contributed by atoms with Crippen molar-refractivity contribution in [3.8, 4) is 0 Å². The van der Waals surface area contributed by atoms with Crippen LogP contribution in [0.4, 0.5) is 0 Å². The fraction of sp³-hybridized carbons (Fsp3) is 0.462. The second kappa shape index (κ2) is 6.69. The minimum absolute atomic E-state index is 0.109. The van der Waals surface area contributed by atoms with Gasteiger partial charge in [-0.3, -0.25) is 4.79 Å². The molecule has 1 amide bonds. The van der Waals surface area contributed by atoms with Crippen molar-refractivity contribution in [2.24, 2.45) is 0 Å². The Hall–Kier alpha value is -0.830. The smallest absolute Gasteiger partial charge is 0.236 e. The highest BCUT2D eigenvalue weighted by molar-refractivity contribution is 9.10. The van der Waals surface area contributed by atoms with E-state index in [1.807, 2.05) is 30.0 Å². The molecule has 0 N–H and O–H groups in total. The molecule has 2 nitrogen and oxygen atoms in total. The fourth-order valence-electron chi connectivity index (χ4n) is 1.59. The molecular weight excluding hydrogens is 266 g/mol. The molecule has 0 saturated carbocycles. The van der Waals surface area contributed by atoms with E-state index in [1.165, 1.54) is 5.56 Å². The largest absolute Gasteiger partial charge is 0.337 e. The van der Waals surface area contributed by atoms with E-state index in [2.05, 4.69) is 35.0 Å². The molecule has 16 heavy (non-hydrogen) atoms. The van der Waals surface area contributed by atoms with Crippen LogP contribution in [0.3, 0.4) is 0 Å². The predicted molar refractivity (Wildman–Crippen MR) is 70.5 cm³/mol. The summed E-state index contributed by atoms with van der Waals surface area (Å²) in [4.78, 5) is 13.7. The molecule has 1 atom stereocenters. The van der Waals surface area contributed by atoms with Crippen molar-refractivity contribution >= 4 is 21.8 Å². The number of nitrogens with zero attached hydrogens (tertiary/aromatic N) is 1. The van der Waals surface area contributed by atoms with E-state index < -0.39 is 0 Å². The van der Waals surface area contributed by atoms with Crippen LogP contribution in [0, 0.1) is 0 Å². The van der Waals surface area contributed by atoms with Gasteiger partial charge in [-0.15, -0.1) is 0 Å². The Kier molecular flexibility index (Phi) is 5.53. The van der Waals surface area contributed by atoms with Crippen LogP contribution in [-0.4, -0.2) is 22.2 Å². The first-order valence-electron chi connectivity index (χ1n) is 5.62. The molecule has 88 valence electrons. The van der Waals surface area contributed by atoms with Crippen molar-refractivity contribution in [2.45, 2.75) is 31.6 Å². The van der Waals surface area contributed by atoms with Gasteiger partial charge in [0.15, 0.2) is 0 Å². The highest BCUT2D eigenvalue weighted by Crippen LogP contribution is 2.10. The molecule has 0 spiro atoms. The first-order valence-corrected chi connectivity index (χ1v) is 6.53. The summed E-state index contributed by atoms with van der Waals surface area (Å²) in [6.45, 7) is 5.47. The lowest BCUT2D eigenvalue weighted by atomic mass is 10.2. The Morgan fingerprint density at radius 1 is 1.38 bits per heavy atom. The number of amides is 1. The van der Waals surface area contributed by atoms with Crippen LogP contribution in [-0.2, 0) is 11.3 Å². The van der Waals surface area contributed by atoms with Crippen LogP contribution in [0.15, 0.2) is 30.3 Å². The summed E-state index contributed by atoms with van der Waals surface area (Å²) in [6, 6.07) is 10.1. The Balaban J connectivity index is 2.68. The zero-order valence-electron chi connectivity index (χ0n) is 9.82. The van der Waals surface area contributed by atoms with Crippen LogP contribution < -0.4 is 0 Å². The summed E-state index contributed by atoms with van der Waals surface area (Å²) in [5.41, 5.74) is 1.18. The number of carbonyl (C=O) groups excluding carboxylic acids is 1. The van der Waals surface area contributed by atoms with Crippen molar-refractivity contribution in [3.05, 3.63) is 35.9 Å². The Morgan fingerprint density at radius 3 is 2.50 bits per heavy atom. The molecule has 0 radical (unpaired) electrons. The first-order chi connectivity index (χ1) is 7.65. The van der Waals surface area contributed by atoms with Gasteiger partial charge < -0.3 is 4.90 Å². The Morgan fingerprint density at radius 2 is 2.00 bits per heavy atom. The van der Waals surface area contributed by atoms with Crippen molar-refractivity contribution in [1.29, 1.82) is 0 Å². The van der Waals surface area contributed by atoms with E-state index >= 15 is 0 Å². The third-order valence-corrected chi connectivity index (χ3v) is 2.75. The van der Waals surface area contributed by atoms with E-state index in [0.717, 1.165) is 13.0 Å². The molecule has 0 heterocycles. The summed E-state index contributed by atoms with van der Waals surface area (Å²) >= 11 is 3.33. The van der Waals surface area contributed by atoms with Crippen molar-refractivity contribution in [1.82, 2.24) is 4.90 Å². The second-order valence-electron chi connectivity index (χ2n) is 3.86. The SMILES string of the molecule is CCCN(Cc1ccccc1)C(=O)C(C)Br. The summed E-state index contributed by atoms with van der Waals surface area (Å²) in [7, 11) is 0. The van der Waals surface area contributed by atoms with Gasteiger partial charge in [-0.25, -0.2) is 0 Å². The molecule has 0 aliphatic heterocycles. The Bertz CT molecular complexity index is 324. The predicted octanol–water partition coefficient (Wildman–Crippen LogP) is 3.21. The van der Waals surface area contributed by atoms with Gasteiger partial charge in [-0.2, -0.15) is 0 Å². The second-order valence-corrected chi connectivity index (χ2v) is 5.23. The lowest BCUT2D eigenvalue weighted by Gasteiger charge is -2.23. The number of hydrogen-bond donors (Lipinski definition) is 0. The average molecular weight is 284 g/mol. The van der Waals surface area contributed by atoms with E-state index in [-0.39, 0.29) is 10.7 Å². The maximum atomic E-state index is 11.9. The molecule has 0 saturated heterocycles. The van der Waals surface area contributed by atoms with Crippen LogP contribution in [0.1, 0.15) is 25.8 Å². The van der Waals surface area contributed by atoms with Gasteiger partial charge in [-0.1, -0.05) is 53.2 Å². The van der Waals surface area contributed by atoms with E-state index in [0.29, 0.717) is 6.54 Å². The standard InChI is InChI=1S/C13H18BrNO/c1-3-9-15(13(16)11(2)14)10-12-7-5-4-6-8-12/h4-8,11H,3,9-10H2,1-2H3. The third kappa shape index (κ3) is 3.97. The molecule has 3 heteroatoms. The normalized spacial score (nSPS) is 12.2. The minimum atomic E-state index is -0.109. The van der Waals surface area contributed by atoms with Crippen LogP contribution in [0.2, 0.25) is 0 Å². The summed E-state index contributed by atoms with van der Waals surface area (Å²) in [6.07, 6.45) is 0.984. The topological polar surface area (TPSA) is 20.3 Å². The zero-order chi connectivity index (χ0) is 12.0. The number of alkyl halides is 1. The highest BCUT2D eigenvalue weighted by Gasteiger charge is 2.17. The maximum absolute atomic E-state index is 11.9. The average Bonchev–Trinajstić information content (AvgIpc) is 2.29. The van der Waals surface area contributed by atoms with Crippen LogP contribution in [0.5, 0.6) is 0 Å². The van der Waals surface area contributed by atoms with Crippen molar-refractivity contribution in [3.63, 3.8) is 0 Å². The number of rotatable bonds is 5. The molecule has 1 aromatic rings. The molecule has 1 rings (SSSR count). The fourth-order valence-corrected chi connectivity index (χ4v) is 1.88. The van der Waals surface area contributed by atoms with E-state index in [1.54, 1.807) is 0 Å². The van der Waals surface area contributed by atoms with Crippen molar-refractivity contribution < 1.29 is 4.79 Å². The van der Waals surface area contributed by atoms with Crippen LogP contribution >= 0.6 is 15.9 Å². The van der Waals surface area contributed by atoms with Gasteiger partial charge in [0, 0.05) is 13.1 Å². The minimum Gasteiger partial charge on any atom is -0.337 e. The molecule has 0 aromatic heterocycles. The van der Waals surface area contributed by atoms with E-state index in [4.69, 9.17) is 0 Å². The van der Waals surface area contributed by atoms with Gasteiger partial charge in [0.25, 0.3) is 0 Å². The number of benzene rings is 1. The lowest BCUT2D eigenvalue weighted by Crippen LogP contribution is -2.35. The molecule has 0 aliphatic rings. The lowest BCUT2D eigenvalue weighted by molar-refractivity contribution is -0.130. The van der Waals surface area contributed by atoms with E-state index in [9.17, 15) is 4.79 Å². The van der Waals surface area contributed by atoms with Crippen molar-refractivity contribution in [2.75, 3.05) is 6.54 Å². The van der Waals surface area contributed by atoms with Crippen LogP contribution in [0.25, 0.3) is 0 Å². The van der Waals surface area contributed by atoms with Gasteiger partial charge in [0.2, 0.25) is 5.91 Å². The molecule has 0 fully saturated rings. The number of carbonyl (C=O) groups is 1. The molecule has 0 bridgehead atoms. The third-order valence-electron chi connectivity index (χ3n) is 2.36. The Labute approximate surface area is 106 Å². The molecule has 1 aromatic carbocycles. The van der Waals surface area contributed by atoms with Gasteiger partial charge in [-0.05, 0) is 18.9 Å². The summed E-state index contributed by atoms with van der Waals surface area (Å²) < 4.78 is 0. The van der Waals surface area contributed by atoms with Gasteiger partial charge >= 0.3 is 0 Å². The maximum Gasteiger partial charge on any atom is 0.236 e. The highest BCUT2D eigenvalue weighted by atomic mass is 79.9. The summed E-state index contributed by atoms with van der Waals surface area (Å²) in [5, 5.41) is 0. The summed E-state index contributed by atoms with van der Waals surface area (Å²) in [5.74, 6) is 0.158. The molecule has 0 aliphatic carbocycles. The first kappa shape index (κ1) is 13.2. The molecule has 1 unspecified atom stereocenters. The zero-order valence-corrected chi connectivity index (χ0v) is 11.4. The number of hydrogen-bond acceptors (Lipinski definition) is 1. The number of halogens is 1. The quantitative estimate of drug-likeness (QED) is 0.760. The monoisotopic (exact) mass is 283 g/mol. The molecular formula is C13H18BrNO.